The molecule has 0 aliphatic heterocycles. The number of hydrogen-bond donors (Lipinski definition) is 0. The average molecular weight is 226 g/mol. The molecule has 1 rings (SSSR count). The SMILES string of the molecule is COC(=O)[C@@H](C)Oc1ccc(SC)cc1. The fourth-order valence-electron chi connectivity index (χ4n) is 1.07. The number of esters is 1. The van der Waals surface area contributed by atoms with Crippen LogP contribution < -0.4 is 4.74 Å². The number of carbonyl (C=O) groups excluding carboxylic acids is 1. The largest absolute Gasteiger partial charge is 0.479 e. The normalized spacial score (nSPS) is 11.9. The van der Waals surface area contributed by atoms with E-state index in [2.05, 4.69) is 4.74 Å². The molecule has 82 valence electrons. The minimum Gasteiger partial charge on any atom is -0.479 e. The van der Waals surface area contributed by atoms with Crippen molar-refractivity contribution < 1.29 is 14.3 Å². The molecule has 0 fully saturated rings. The van der Waals surface area contributed by atoms with Gasteiger partial charge in [-0.05, 0) is 37.4 Å². The monoisotopic (exact) mass is 226 g/mol. The van der Waals surface area contributed by atoms with Gasteiger partial charge in [-0.15, -0.1) is 11.8 Å². The summed E-state index contributed by atoms with van der Waals surface area (Å²) >= 11 is 1.66. The first kappa shape index (κ1) is 11.9. The molecule has 15 heavy (non-hydrogen) atoms. The Bertz CT molecular complexity index is 321. The molecule has 1 aromatic carbocycles. The highest BCUT2D eigenvalue weighted by Crippen LogP contribution is 2.19. The lowest BCUT2D eigenvalue weighted by Crippen LogP contribution is -2.24. The van der Waals surface area contributed by atoms with Crippen molar-refractivity contribution in [1.29, 1.82) is 0 Å². The van der Waals surface area contributed by atoms with Gasteiger partial charge in [0, 0.05) is 4.90 Å². The van der Waals surface area contributed by atoms with Gasteiger partial charge in [-0.2, -0.15) is 0 Å². The lowest BCUT2D eigenvalue weighted by atomic mass is 10.3. The van der Waals surface area contributed by atoms with Crippen LogP contribution >= 0.6 is 11.8 Å². The zero-order chi connectivity index (χ0) is 11.3. The third-order valence-corrected chi connectivity index (χ3v) is 2.65. The Balaban J connectivity index is 2.60. The topological polar surface area (TPSA) is 35.5 Å². The van der Waals surface area contributed by atoms with E-state index in [1.807, 2.05) is 30.5 Å². The Morgan fingerprint density at radius 2 is 1.93 bits per heavy atom. The number of thioether (sulfide) groups is 1. The summed E-state index contributed by atoms with van der Waals surface area (Å²) in [6.45, 7) is 1.66. The van der Waals surface area contributed by atoms with Crippen LogP contribution in [0.3, 0.4) is 0 Å². The molecule has 0 radical (unpaired) electrons. The molecule has 0 aromatic heterocycles. The van der Waals surface area contributed by atoms with Crippen molar-refractivity contribution >= 4 is 17.7 Å². The van der Waals surface area contributed by atoms with Gasteiger partial charge in [-0.3, -0.25) is 0 Å². The summed E-state index contributed by atoms with van der Waals surface area (Å²) in [5, 5.41) is 0. The zero-order valence-corrected chi connectivity index (χ0v) is 9.84. The number of methoxy groups -OCH3 is 1. The van der Waals surface area contributed by atoms with E-state index < -0.39 is 6.10 Å². The van der Waals surface area contributed by atoms with E-state index in [0.29, 0.717) is 5.75 Å². The van der Waals surface area contributed by atoms with Crippen LogP contribution in [0.5, 0.6) is 5.75 Å². The third-order valence-electron chi connectivity index (χ3n) is 1.91. The first-order valence-corrected chi connectivity index (χ1v) is 5.78. The van der Waals surface area contributed by atoms with Crippen LogP contribution in [0.4, 0.5) is 0 Å². The summed E-state index contributed by atoms with van der Waals surface area (Å²) in [6, 6.07) is 7.57. The Hall–Kier alpha value is -1.16. The Morgan fingerprint density at radius 1 is 1.33 bits per heavy atom. The molecule has 1 aromatic rings. The maximum absolute atomic E-state index is 11.1. The Kier molecular flexibility index (Phi) is 4.49. The van der Waals surface area contributed by atoms with Crippen molar-refractivity contribution in [3.05, 3.63) is 24.3 Å². The Morgan fingerprint density at radius 3 is 2.40 bits per heavy atom. The summed E-state index contributed by atoms with van der Waals surface area (Å²) in [7, 11) is 1.35. The summed E-state index contributed by atoms with van der Waals surface area (Å²) in [5.41, 5.74) is 0. The Labute approximate surface area is 93.8 Å². The lowest BCUT2D eigenvalue weighted by molar-refractivity contribution is -0.147. The van der Waals surface area contributed by atoms with Crippen LogP contribution in [0, 0.1) is 0 Å². The van der Waals surface area contributed by atoms with Crippen molar-refractivity contribution in [2.45, 2.75) is 17.9 Å². The number of rotatable bonds is 4. The molecule has 0 heterocycles. The van der Waals surface area contributed by atoms with Crippen LogP contribution in [-0.2, 0) is 9.53 Å². The van der Waals surface area contributed by atoms with Crippen LogP contribution in [0.1, 0.15) is 6.92 Å². The van der Waals surface area contributed by atoms with Crippen LogP contribution in [0.15, 0.2) is 29.2 Å². The van der Waals surface area contributed by atoms with Gasteiger partial charge in [0.05, 0.1) is 7.11 Å². The number of benzene rings is 1. The third kappa shape index (κ3) is 3.47. The summed E-state index contributed by atoms with van der Waals surface area (Å²) in [5.74, 6) is 0.301. The molecule has 3 nitrogen and oxygen atoms in total. The summed E-state index contributed by atoms with van der Waals surface area (Å²) < 4.78 is 9.94. The van der Waals surface area contributed by atoms with Crippen LogP contribution in [0.2, 0.25) is 0 Å². The molecule has 0 unspecified atom stereocenters. The molecule has 0 aliphatic carbocycles. The van der Waals surface area contributed by atoms with E-state index in [1.54, 1.807) is 18.7 Å². The van der Waals surface area contributed by atoms with E-state index in [1.165, 1.54) is 7.11 Å². The molecule has 1 atom stereocenters. The highest BCUT2D eigenvalue weighted by Gasteiger charge is 2.14. The molecular weight excluding hydrogens is 212 g/mol. The van der Waals surface area contributed by atoms with Gasteiger partial charge in [0.25, 0.3) is 0 Å². The van der Waals surface area contributed by atoms with Gasteiger partial charge in [-0.1, -0.05) is 0 Å². The lowest BCUT2D eigenvalue weighted by Gasteiger charge is -2.12. The predicted molar refractivity (Wildman–Crippen MR) is 60.3 cm³/mol. The van der Waals surface area contributed by atoms with Crippen LogP contribution in [0.25, 0.3) is 0 Å². The van der Waals surface area contributed by atoms with Gasteiger partial charge < -0.3 is 9.47 Å². The highest BCUT2D eigenvalue weighted by molar-refractivity contribution is 7.98. The van der Waals surface area contributed by atoms with Crippen molar-refractivity contribution in [1.82, 2.24) is 0 Å². The molecule has 4 heteroatoms. The fourth-order valence-corrected chi connectivity index (χ4v) is 1.48. The molecule has 0 amide bonds. The van der Waals surface area contributed by atoms with Crippen molar-refractivity contribution in [3.8, 4) is 5.75 Å². The fraction of sp³-hybridized carbons (Fsp3) is 0.364. The smallest absolute Gasteiger partial charge is 0.346 e. The van der Waals surface area contributed by atoms with Gasteiger partial charge in [0.2, 0.25) is 0 Å². The second-order valence-electron chi connectivity index (χ2n) is 2.96. The standard InChI is InChI=1S/C11H14O3S/c1-8(11(12)13-2)14-9-4-6-10(15-3)7-5-9/h4-8H,1-3H3/t8-/m1/s1. The van der Waals surface area contributed by atoms with Gasteiger partial charge in [-0.25, -0.2) is 4.79 Å². The van der Waals surface area contributed by atoms with Crippen molar-refractivity contribution in [3.63, 3.8) is 0 Å². The maximum atomic E-state index is 11.1. The first-order chi connectivity index (χ1) is 7.17. The van der Waals surface area contributed by atoms with E-state index in [9.17, 15) is 4.79 Å². The predicted octanol–water partition coefficient (Wildman–Crippen LogP) is 2.35. The quantitative estimate of drug-likeness (QED) is 0.583. The molecule has 0 bridgehead atoms. The second-order valence-corrected chi connectivity index (χ2v) is 3.84. The maximum Gasteiger partial charge on any atom is 0.346 e. The van der Waals surface area contributed by atoms with E-state index >= 15 is 0 Å². The van der Waals surface area contributed by atoms with Crippen molar-refractivity contribution in [2.24, 2.45) is 0 Å². The van der Waals surface area contributed by atoms with E-state index in [4.69, 9.17) is 4.74 Å². The minimum atomic E-state index is -0.574. The first-order valence-electron chi connectivity index (χ1n) is 4.56. The average Bonchev–Trinajstić information content (AvgIpc) is 2.29. The molecular formula is C11H14O3S. The summed E-state index contributed by atoms with van der Waals surface area (Å²) in [6.07, 6.45) is 1.43. The molecule has 0 spiro atoms. The van der Waals surface area contributed by atoms with Gasteiger partial charge in [0.1, 0.15) is 5.75 Å². The molecule has 0 saturated heterocycles. The van der Waals surface area contributed by atoms with E-state index in [-0.39, 0.29) is 5.97 Å². The zero-order valence-electron chi connectivity index (χ0n) is 9.02. The second kappa shape index (κ2) is 5.66. The van der Waals surface area contributed by atoms with Crippen molar-refractivity contribution in [2.75, 3.05) is 13.4 Å². The molecule has 0 aliphatic rings. The van der Waals surface area contributed by atoms with Gasteiger partial charge >= 0.3 is 5.97 Å². The van der Waals surface area contributed by atoms with E-state index in [0.717, 1.165) is 4.90 Å². The highest BCUT2D eigenvalue weighted by atomic mass is 32.2. The number of ether oxygens (including phenoxy) is 2. The van der Waals surface area contributed by atoms with Gasteiger partial charge in [0.15, 0.2) is 6.10 Å². The number of hydrogen-bond acceptors (Lipinski definition) is 4. The summed E-state index contributed by atoms with van der Waals surface area (Å²) in [4.78, 5) is 12.2. The number of carbonyl (C=O) groups is 1. The molecule has 0 N–H and O–H groups in total. The minimum absolute atomic E-state index is 0.371. The van der Waals surface area contributed by atoms with Crippen LogP contribution in [-0.4, -0.2) is 25.4 Å². The molecule has 0 saturated carbocycles.